The summed E-state index contributed by atoms with van der Waals surface area (Å²) in [5.74, 6) is 0. The molecular weight excluding hydrogens is 845 g/mol. The summed E-state index contributed by atoms with van der Waals surface area (Å²) in [5, 5.41) is 15.7. The number of rotatable bonds is 4. The Balaban J connectivity index is 1.07. The molecule has 0 unspecified atom stereocenters. The van der Waals surface area contributed by atoms with Crippen LogP contribution in [0.2, 0.25) is 0 Å². The Kier molecular flexibility index (Phi) is 9.55. The van der Waals surface area contributed by atoms with Crippen molar-refractivity contribution in [1.82, 2.24) is 9.97 Å². The van der Waals surface area contributed by atoms with Gasteiger partial charge in [0.15, 0.2) is 0 Å². The molecule has 0 aliphatic carbocycles. The summed E-state index contributed by atoms with van der Waals surface area (Å²) in [4.78, 5) is 11.0. The first kappa shape index (κ1) is 44.1. The Morgan fingerprint density at radius 2 is 0.614 bits per heavy atom. The highest BCUT2D eigenvalue weighted by molar-refractivity contribution is 6.27. The predicted octanol–water partition coefficient (Wildman–Crippen LogP) is 19.3. The van der Waals surface area contributed by atoms with Gasteiger partial charge in [-0.15, -0.1) is 0 Å². The van der Waals surface area contributed by atoms with Gasteiger partial charge in [0.2, 0.25) is 0 Å². The quantitative estimate of drug-likeness (QED) is 0.164. The predicted molar refractivity (Wildman–Crippen MR) is 303 cm³/mol. The lowest BCUT2D eigenvalue weighted by molar-refractivity contribution is 0.591. The largest absolute Gasteiger partial charge is 0.244 e. The molecule has 0 bridgehead atoms. The molecule has 70 heavy (non-hydrogen) atoms. The fraction of sp³-hybridized carbons (Fsp3) is 0.235. The molecule has 0 radical (unpaired) electrons. The Morgan fingerprint density at radius 1 is 0.286 bits per heavy atom. The van der Waals surface area contributed by atoms with Gasteiger partial charge in [-0.1, -0.05) is 204 Å². The van der Waals surface area contributed by atoms with Crippen molar-refractivity contribution in [1.29, 1.82) is 0 Å². The van der Waals surface area contributed by atoms with Crippen LogP contribution >= 0.6 is 0 Å². The lowest BCUT2D eigenvalue weighted by atomic mass is 9.76. The molecular formula is C68H62N2. The zero-order chi connectivity index (χ0) is 48.8. The molecule has 1 heterocycles. The van der Waals surface area contributed by atoms with E-state index in [1.54, 1.807) is 0 Å². The summed E-state index contributed by atoms with van der Waals surface area (Å²) >= 11 is 0. The fourth-order valence-electron chi connectivity index (χ4n) is 11.5. The molecule has 0 atom stereocenters. The summed E-state index contributed by atoms with van der Waals surface area (Å²) in [5.41, 5.74) is 15.8. The summed E-state index contributed by atoms with van der Waals surface area (Å²) in [6, 6.07) is 59.9. The number of para-hydroxylation sites is 2. The number of aromatic nitrogens is 2. The molecule has 2 nitrogen and oxygen atoms in total. The first-order chi connectivity index (χ1) is 33.2. The third kappa shape index (κ3) is 7.05. The number of hydrogen-bond donors (Lipinski definition) is 0. The molecule has 1 aromatic heterocycles. The van der Waals surface area contributed by atoms with Gasteiger partial charge in [0.05, 0.1) is 22.4 Å². The second-order valence-corrected chi connectivity index (χ2v) is 24.3. The van der Waals surface area contributed by atoms with E-state index in [2.05, 4.69) is 241 Å². The van der Waals surface area contributed by atoms with Crippen molar-refractivity contribution in [2.45, 2.75) is 105 Å². The monoisotopic (exact) mass is 906 g/mol. The topological polar surface area (TPSA) is 25.8 Å². The lowest BCUT2D eigenvalue weighted by Gasteiger charge is -2.27. The molecule has 12 aromatic rings. The van der Waals surface area contributed by atoms with Crippen molar-refractivity contribution in [2.24, 2.45) is 0 Å². The van der Waals surface area contributed by atoms with E-state index < -0.39 is 0 Å². The summed E-state index contributed by atoms with van der Waals surface area (Å²) in [7, 11) is 0. The van der Waals surface area contributed by atoms with Gasteiger partial charge in [0.25, 0.3) is 0 Å². The van der Waals surface area contributed by atoms with Crippen LogP contribution in [0.5, 0.6) is 0 Å². The van der Waals surface area contributed by atoms with E-state index in [1.165, 1.54) is 109 Å². The summed E-state index contributed by atoms with van der Waals surface area (Å²) in [6.07, 6.45) is 0. The van der Waals surface area contributed by atoms with Gasteiger partial charge in [-0.25, -0.2) is 9.97 Å². The zero-order valence-electron chi connectivity index (χ0n) is 42.9. The van der Waals surface area contributed by atoms with Crippen molar-refractivity contribution in [2.75, 3.05) is 0 Å². The molecule has 0 N–H and O–H groups in total. The molecule has 0 saturated carbocycles. The maximum atomic E-state index is 5.51. The number of fused-ring (bicyclic) bond motifs is 1. The van der Waals surface area contributed by atoms with Crippen molar-refractivity contribution in [3.63, 3.8) is 0 Å². The highest BCUT2D eigenvalue weighted by atomic mass is 14.8. The molecule has 344 valence electrons. The van der Waals surface area contributed by atoms with Crippen LogP contribution in [0.1, 0.15) is 105 Å². The Hall–Kier alpha value is -7.16. The Morgan fingerprint density at radius 3 is 0.957 bits per heavy atom. The second-order valence-electron chi connectivity index (χ2n) is 24.3. The van der Waals surface area contributed by atoms with Gasteiger partial charge in [-0.2, -0.15) is 0 Å². The smallest absolute Gasteiger partial charge is 0.0973 e. The van der Waals surface area contributed by atoms with Crippen molar-refractivity contribution in [3.8, 4) is 44.8 Å². The van der Waals surface area contributed by atoms with Crippen molar-refractivity contribution in [3.05, 3.63) is 180 Å². The molecule has 0 saturated heterocycles. The second kappa shape index (κ2) is 15.2. The van der Waals surface area contributed by atoms with Gasteiger partial charge in [-0.3, -0.25) is 0 Å². The van der Waals surface area contributed by atoms with Crippen molar-refractivity contribution >= 4 is 75.7 Å². The van der Waals surface area contributed by atoms with E-state index in [0.717, 1.165) is 33.5 Å². The van der Waals surface area contributed by atoms with Gasteiger partial charge in [-0.05, 0) is 167 Å². The van der Waals surface area contributed by atoms with Gasteiger partial charge >= 0.3 is 0 Å². The average Bonchev–Trinajstić information content (AvgIpc) is 3.32. The zero-order valence-corrected chi connectivity index (χ0v) is 42.9. The molecule has 0 amide bonds. The van der Waals surface area contributed by atoms with E-state index in [1.807, 2.05) is 0 Å². The van der Waals surface area contributed by atoms with E-state index in [-0.39, 0.29) is 21.7 Å². The SMILES string of the molecule is CC(C)(C)c1cc2ccc3cc(C(C)(C)C)c(-c4cccc(-c5nc6ccccc6nc5-c5cccc(-c6c(C(C)(C)C)cc7ccc8cc(C(C)(C)C)cc9ccc6c7c89)c5)c4)c4ccc(c1)c2c34. The van der Waals surface area contributed by atoms with Crippen LogP contribution in [0.15, 0.2) is 158 Å². The minimum atomic E-state index is -0.115. The number of nitrogens with zero attached hydrogens (tertiary/aromatic N) is 2. The van der Waals surface area contributed by atoms with E-state index in [4.69, 9.17) is 9.97 Å². The molecule has 11 aromatic carbocycles. The first-order valence-corrected chi connectivity index (χ1v) is 25.2. The van der Waals surface area contributed by atoms with Crippen LogP contribution in [-0.4, -0.2) is 9.97 Å². The van der Waals surface area contributed by atoms with Gasteiger partial charge < -0.3 is 0 Å². The molecule has 12 rings (SSSR count). The Bertz CT molecular complexity index is 3780. The maximum absolute atomic E-state index is 5.51. The summed E-state index contributed by atoms with van der Waals surface area (Å²) < 4.78 is 0. The van der Waals surface area contributed by atoms with Gasteiger partial charge in [0, 0.05) is 11.1 Å². The van der Waals surface area contributed by atoms with Crippen LogP contribution in [0.25, 0.3) is 120 Å². The van der Waals surface area contributed by atoms with Gasteiger partial charge in [0.1, 0.15) is 0 Å². The molecule has 0 aliphatic rings. The highest BCUT2D eigenvalue weighted by Crippen LogP contribution is 2.49. The van der Waals surface area contributed by atoms with Crippen molar-refractivity contribution < 1.29 is 0 Å². The van der Waals surface area contributed by atoms with Crippen LogP contribution in [0, 0.1) is 0 Å². The average molecular weight is 907 g/mol. The maximum Gasteiger partial charge on any atom is 0.0973 e. The van der Waals surface area contributed by atoms with E-state index in [0.29, 0.717) is 0 Å². The minimum Gasteiger partial charge on any atom is -0.244 e. The highest BCUT2D eigenvalue weighted by Gasteiger charge is 2.28. The Labute approximate surface area is 413 Å². The van der Waals surface area contributed by atoms with Crippen LogP contribution < -0.4 is 0 Å². The third-order valence-corrected chi connectivity index (χ3v) is 15.2. The molecule has 2 heteroatoms. The molecule has 0 spiro atoms. The number of hydrogen-bond acceptors (Lipinski definition) is 2. The van der Waals surface area contributed by atoms with Crippen LogP contribution in [0.4, 0.5) is 0 Å². The van der Waals surface area contributed by atoms with Crippen LogP contribution in [0.3, 0.4) is 0 Å². The fourth-order valence-corrected chi connectivity index (χ4v) is 11.5. The standard InChI is InChI=1S/C68H62N2/c1-65(2,3)49-33-41-23-25-45-37-53(67(7,8)9)59(51-29-27-43(35-49)57(41)61(45)51)39-17-15-19-47(31-39)63-64(70-56-22-14-13-21-55(56)69-63)48-20-16-18-40(32-48)60-52-30-28-44-36-50(66(4,5)6)34-42-24-26-46(62(52)58(42)44)38-54(60)68(10,11)12/h13-38H,1-12H3. The van der Waals surface area contributed by atoms with E-state index >= 15 is 0 Å². The number of benzene rings is 11. The first-order valence-electron chi connectivity index (χ1n) is 25.2. The minimum absolute atomic E-state index is 0.0528. The summed E-state index contributed by atoms with van der Waals surface area (Å²) in [6.45, 7) is 27.9. The third-order valence-electron chi connectivity index (χ3n) is 15.2. The molecule has 0 fully saturated rings. The lowest BCUT2D eigenvalue weighted by Crippen LogP contribution is -2.13. The normalized spacial score (nSPS) is 13.1. The molecule has 0 aliphatic heterocycles. The van der Waals surface area contributed by atoms with Crippen LogP contribution in [-0.2, 0) is 21.7 Å². The van der Waals surface area contributed by atoms with E-state index in [9.17, 15) is 0 Å².